The topological polar surface area (TPSA) is 65.9 Å². The van der Waals surface area contributed by atoms with Gasteiger partial charge in [-0.2, -0.15) is 0 Å². The van der Waals surface area contributed by atoms with Gasteiger partial charge in [0.15, 0.2) is 5.96 Å². The maximum atomic E-state index is 5.71. The number of piperidine rings is 1. The van der Waals surface area contributed by atoms with Crippen molar-refractivity contribution in [2.45, 2.75) is 31.7 Å². The van der Waals surface area contributed by atoms with Crippen LogP contribution in [-0.2, 0) is 6.42 Å². The van der Waals surface area contributed by atoms with Gasteiger partial charge in [-0.15, -0.1) is 6.58 Å². The van der Waals surface area contributed by atoms with Crippen molar-refractivity contribution in [1.29, 1.82) is 0 Å². The van der Waals surface area contributed by atoms with Crippen molar-refractivity contribution >= 4 is 5.96 Å². The molecule has 0 bridgehead atoms. The molecule has 0 aliphatic carbocycles. The zero-order valence-corrected chi connectivity index (χ0v) is 15.9. The molecule has 2 N–H and O–H groups in total. The highest BCUT2D eigenvalue weighted by Gasteiger charge is 2.24. The van der Waals surface area contributed by atoms with Crippen LogP contribution in [0.15, 0.2) is 63.3 Å². The molecule has 0 amide bonds. The van der Waals surface area contributed by atoms with E-state index >= 15 is 0 Å². The van der Waals surface area contributed by atoms with E-state index in [1.807, 2.05) is 24.3 Å². The Morgan fingerprint density at radius 2 is 1.96 bits per heavy atom. The molecule has 6 heteroatoms. The number of guanidine groups is 1. The predicted octanol–water partition coefficient (Wildman–Crippen LogP) is 3.36. The van der Waals surface area contributed by atoms with Crippen molar-refractivity contribution in [3.05, 3.63) is 61.0 Å². The zero-order chi connectivity index (χ0) is 18.7. The monoisotopic (exact) mass is 370 g/mol. The molecule has 0 aromatic carbocycles. The lowest BCUT2D eigenvalue weighted by Gasteiger charge is -2.32. The van der Waals surface area contributed by atoms with Crippen LogP contribution in [-0.4, -0.2) is 43.6 Å². The molecule has 2 aromatic rings. The molecule has 0 radical (unpaired) electrons. The highest BCUT2D eigenvalue weighted by Crippen LogP contribution is 2.25. The van der Waals surface area contributed by atoms with Crippen LogP contribution >= 0.6 is 0 Å². The lowest BCUT2D eigenvalue weighted by molar-refractivity contribution is 0.150. The third-order valence-electron chi connectivity index (χ3n) is 4.78. The Morgan fingerprint density at radius 3 is 2.67 bits per heavy atom. The maximum absolute atomic E-state index is 5.71. The van der Waals surface area contributed by atoms with Crippen molar-refractivity contribution < 1.29 is 8.83 Å². The summed E-state index contributed by atoms with van der Waals surface area (Å²) in [5, 5.41) is 6.67. The van der Waals surface area contributed by atoms with Gasteiger partial charge in [-0.05, 0) is 50.2 Å². The lowest BCUT2D eigenvalue weighted by Crippen LogP contribution is -2.40. The number of likely N-dealkylation sites (tertiary alicyclic amines) is 1. The predicted molar refractivity (Wildman–Crippen MR) is 108 cm³/mol. The van der Waals surface area contributed by atoms with Crippen LogP contribution in [0.4, 0.5) is 0 Å². The highest BCUT2D eigenvalue weighted by atomic mass is 16.3. The first kappa shape index (κ1) is 19.3. The fourth-order valence-corrected chi connectivity index (χ4v) is 3.38. The third-order valence-corrected chi connectivity index (χ3v) is 4.78. The number of hydrogen-bond donors (Lipinski definition) is 2. The average molecular weight is 370 g/mol. The SMILES string of the molecule is C=CCNC(=NCC(c1ccco1)N1CCCCC1)NCCc1ccco1. The van der Waals surface area contributed by atoms with E-state index in [1.54, 1.807) is 12.5 Å². The number of hydrogen-bond acceptors (Lipinski definition) is 4. The Morgan fingerprint density at radius 1 is 1.15 bits per heavy atom. The van der Waals surface area contributed by atoms with E-state index in [0.717, 1.165) is 43.5 Å². The summed E-state index contributed by atoms with van der Waals surface area (Å²) in [6.07, 6.45) is 9.88. The van der Waals surface area contributed by atoms with Gasteiger partial charge < -0.3 is 19.5 Å². The molecule has 1 aliphatic heterocycles. The van der Waals surface area contributed by atoms with Crippen LogP contribution in [0.1, 0.15) is 36.8 Å². The molecule has 3 heterocycles. The van der Waals surface area contributed by atoms with Crippen molar-refractivity contribution in [2.24, 2.45) is 4.99 Å². The van der Waals surface area contributed by atoms with E-state index in [2.05, 4.69) is 28.2 Å². The molecular formula is C21H30N4O2. The summed E-state index contributed by atoms with van der Waals surface area (Å²) in [6.45, 7) is 8.06. The highest BCUT2D eigenvalue weighted by molar-refractivity contribution is 5.79. The Bertz CT molecular complexity index is 673. The number of nitrogens with one attached hydrogen (secondary N) is 2. The van der Waals surface area contributed by atoms with Crippen molar-refractivity contribution in [3.63, 3.8) is 0 Å². The summed E-state index contributed by atoms with van der Waals surface area (Å²) in [7, 11) is 0. The first-order valence-electron chi connectivity index (χ1n) is 9.79. The van der Waals surface area contributed by atoms with Gasteiger partial charge in [-0.1, -0.05) is 12.5 Å². The second-order valence-corrected chi connectivity index (χ2v) is 6.74. The summed E-state index contributed by atoms with van der Waals surface area (Å²) in [4.78, 5) is 7.31. The van der Waals surface area contributed by atoms with Crippen LogP contribution in [0.2, 0.25) is 0 Å². The second-order valence-electron chi connectivity index (χ2n) is 6.74. The molecule has 3 rings (SSSR count). The van der Waals surface area contributed by atoms with E-state index in [-0.39, 0.29) is 6.04 Å². The summed E-state index contributed by atoms with van der Waals surface area (Å²) in [5.41, 5.74) is 0. The van der Waals surface area contributed by atoms with Gasteiger partial charge in [0.05, 0.1) is 25.1 Å². The fourth-order valence-electron chi connectivity index (χ4n) is 3.38. The number of furan rings is 2. The average Bonchev–Trinajstić information content (AvgIpc) is 3.41. The molecule has 2 aromatic heterocycles. The smallest absolute Gasteiger partial charge is 0.191 e. The Kier molecular flexibility index (Phi) is 7.59. The molecule has 1 atom stereocenters. The van der Waals surface area contributed by atoms with Gasteiger partial charge in [-0.3, -0.25) is 9.89 Å². The molecule has 1 unspecified atom stereocenters. The largest absolute Gasteiger partial charge is 0.469 e. The third kappa shape index (κ3) is 6.03. The maximum Gasteiger partial charge on any atom is 0.191 e. The van der Waals surface area contributed by atoms with Gasteiger partial charge >= 0.3 is 0 Å². The first-order chi connectivity index (χ1) is 13.4. The number of aliphatic imine (C=N–C) groups is 1. The molecule has 146 valence electrons. The van der Waals surface area contributed by atoms with Crippen molar-refractivity contribution in [3.8, 4) is 0 Å². The zero-order valence-electron chi connectivity index (χ0n) is 15.9. The molecule has 27 heavy (non-hydrogen) atoms. The van der Waals surface area contributed by atoms with E-state index < -0.39 is 0 Å². The summed E-state index contributed by atoms with van der Waals surface area (Å²) in [5.74, 6) is 2.74. The van der Waals surface area contributed by atoms with Gasteiger partial charge in [0.1, 0.15) is 11.5 Å². The molecule has 6 nitrogen and oxygen atoms in total. The Balaban J connectivity index is 1.62. The van der Waals surface area contributed by atoms with E-state index in [0.29, 0.717) is 13.1 Å². The van der Waals surface area contributed by atoms with Gasteiger partial charge in [0.2, 0.25) is 0 Å². The minimum absolute atomic E-state index is 0.174. The van der Waals surface area contributed by atoms with E-state index in [9.17, 15) is 0 Å². The lowest BCUT2D eigenvalue weighted by atomic mass is 10.1. The van der Waals surface area contributed by atoms with Crippen LogP contribution in [0, 0.1) is 0 Å². The van der Waals surface area contributed by atoms with Gasteiger partial charge in [0.25, 0.3) is 0 Å². The van der Waals surface area contributed by atoms with Crippen LogP contribution < -0.4 is 10.6 Å². The molecule has 1 saturated heterocycles. The molecule has 0 spiro atoms. The van der Waals surface area contributed by atoms with Crippen LogP contribution in [0.25, 0.3) is 0 Å². The second kappa shape index (κ2) is 10.6. The quantitative estimate of drug-likeness (QED) is 0.402. The fraction of sp³-hybridized carbons (Fsp3) is 0.476. The van der Waals surface area contributed by atoms with E-state index in [4.69, 9.17) is 13.8 Å². The molecule has 0 saturated carbocycles. The normalized spacial score (nSPS) is 16.8. The molecule has 1 fully saturated rings. The molecular weight excluding hydrogens is 340 g/mol. The van der Waals surface area contributed by atoms with Crippen LogP contribution in [0.3, 0.4) is 0 Å². The number of rotatable bonds is 9. The van der Waals surface area contributed by atoms with Crippen molar-refractivity contribution in [2.75, 3.05) is 32.7 Å². The van der Waals surface area contributed by atoms with Crippen LogP contribution in [0.5, 0.6) is 0 Å². The first-order valence-corrected chi connectivity index (χ1v) is 9.79. The van der Waals surface area contributed by atoms with Gasteiger partial charge in [0, 0.05) is 19.5 Å². The van der Waals surface area contributed by atoms with Gasteiger partial charge in [-0.25, -0.2) is 0 Å². The minimum Gasteiger partial charge on any atom is -0.469 e. The van der Waals surface area contributed by atoms with E-state index in [1.165, 1.54) is 19.3 Å². The van der Waals surface area contributed by atoms with Crippen molar-refractivity contribution in [1.82, 2.24) is 15.5 Å². The Hall–Kier alpha value is -2.47. The standard InChI is InChI=1S/C21H30N4O2/c1-2-11-22-21(23-12-10-18-8-6-15-26-18)24-17-19(20-9-7-16-27-20)25-13-4-3-5-14-25/h2,6-9,15-16,19H,1,3-5,10-14,17H2,(H2,22,23,24). The minimum atomic E-state index is 0.174. The summed E-state index contributed by atoms with van der Waals surface area (Å²) >= 11 is 0. The summed E-state index contributed by atoms with van der Waals surface area (Å²) in [6, 6.07) is 8.07. The summed E-state index contributed by atoms with van der Waals surface area (Å²) < 4.78 is 11.1. The Labute approximate surface area is 161 Å². The molecule has 1 aliphatic rings. The number of nitrogens with zero attached hydrogens (tertiary/aromatic N) is 2.